The number of imide groups is 1. The van der Waals surface area contributed by atoms with Gasteiger partial charge in [0, 0.05) is 23.5 Å². The Morgan fingerprint density at radius 1 is 0.892 bits per heavy atom. The zero-order valence-electron chi connectivity index (χ0n) is 19.2. The number of hydrogen-bond acceptors (Lipinski definition) is 6. The van der Waals surface area contributed by atoms with Gasteiger partial charge in [0.15, 0.2) is 0 Å². The predicted molar refractivity (Wildman–Crippen MR) is 138 cm³/mol. The zero-order valence-corrected chi connectivity index (χ0v) is 19.9. The zero-order chi connectivity index (χ0) is 25.8. The fraction of sp³-hybridized carbons (Fsp3) is 0.148. The maximum absolute atomic E-state index is 13.8. The van der Waals surface area contributed by atoms with Gasteiger partial charge in [0.05, 0.1) is 33.5 Å². The summed E-state index contributed by atoms with van der Waals surface area (Å²) in [6.07, 6.45) is 3.76. The van der Waals surface area contributed by atoms with Crippen LogP contribution in [0.2, 0.25) is 5.02 Å². The van der Waals surface area contributed by atoms with Gasteiger partial charge >= 0.3 is 0 Å². The van der Waals surface area contributed by atoms with Crippen LogP contribution in [-0.2, 0) is 14.4 Å². The number of non-ortho nitro benzene ring substituents is 1. The SMILES string of the molecule is O=C(Nc1ccc([N+](=O)[O-])cc1)[C@@H]1[C@H]2C(=O)N(c3ccccc3Cl)C(=O)[C@@H]2[C@H]2C=Cc3ccccc3N21. The van der Waals surface area contributed by atoms with Crippen LogP contribution in [0.1, 0.15) is 5.56 Å². The van der Waals surface area contributed by atoms with E-state index < -0.39 is 46.6 Å². The van der Waals surface area contributed by atoms with E-state index in [1.54, 1.807) is 24.3 Å². The second-order valence-corrected chi connectivity index (χ2v) is 9.48. The molecule has 4 atom stereocenters. The third kappa shape index (κ3) is 3.50. The molecule has 0 aromatic heterocycles. The molecule has 10 heteroatoms. The number of carbonyl (C=O) groups excluding carboxylic acids is 3. The number of nitrogens with one attached hydrogen (secondary N) is 1. The first kappa shape index (κ1) is 22.9. The molecular weight excluding hydrogens is 496 g/mol. The number of nitro benzene ring substituents is 1. The molecule has 0 bridgehead atoms. The number of halogens is 1. The van der Waals surface area contributed by atoms with Gasteiger partial charge in [-0.05, 0) is 35.9 Å². The molecule has 3 amide bonds. The van der Waals surface area contributed by atoms with Gasteiger partial charge in [-0.1, -0.05) is 54.1 Å². The number of hydrogen-bond donors (Lipinski definition) is 1. The lowest BCUT2D eigenvalue weighted by Gasteiger charge is -2.36. The Balaban J connectivity index is 1.42. The van der Waals surface area contributed by atoms with Crippen molar-refractivity contribution in [1.82, 2.24) is 0 Å². The number of para-hydroxylation sites is 2. The van der Waals surface area contributed by atoms with Crippen LogP contribution in [0, 0.1) is 22.0 Å². The van der Waals surface area contributed by atoms with Crippen molar-refractivity contribution in [2.75, 3.05) is 15.1 Å². The molecule has 3 aliphatic heterocycles. The molecule has 0 saturated carbocycles. The van der Waals surface area contributed by atoms with Crippen LogP contribution in [0.5, 0.6) is 0 Å². The normalized spacial score (nSPS) is 23.5. The summed E-state index contributed by atoms with van der Waals surface area (Å²) < 4.78 is 0. The van der Waals surface area contributed by atoms with Crippen molar-refractivity contribution in [2.24, 2.45) is 11.8 Å². The lowest BCUT2D eigenvalue weighted by molar-refractivity contribution is -0.384. The fourth-order valence-electron chi connectivity index (χ4n) is 5.57. The fourth-order valence-corrected chi connectivity index (χ4v) is 5.79. The van der Waals surface area contributed by atoms with Crippen molar-refractivity contribution in [1.29, 1.82) is 0 Å². The number of nitro groups is 1. The average Bonchev–Trinajstić information content (AvgIpc) is 3.37. The number of anilines is 3. The van der Waals surface area contributed by atoms with E-state index in [4.69, 9.17) is 11.6 Å². The van der Waals surface area contributed by atoms with Crippen molar-refractivity contribution < 1.29 is 19.3 Å². The summed E-state index contributed by atoms with van der Waals surface area (Å²) in [6.45, 7) is 0. The molecule has 184 valence electrons. The molecule has 3 aromatic carbocycles. The number of fused-ring (bicyclic) bond motifs is 5. The highest BCUT2D eigenvalue weighted by Gasteiger charge is 2.64. The van der Waals surface area contributed by atoms with E-state index in [1.807, 2.05) is 41.3 Å². The van der Waals surface area contributed by atoms with E-state index in [2.05, 4.69) is 5.32 Å². The topological polar surface area (TPSA) is 113 Å². The van der Waals surface area contributed by atoms with E-state index in [9.17, 15) is 24.5 Å². The Morgan fingerprint density at radius 3 is 2.24 bits per heavy atom. The highest BCUT2D eigenvalue weighted by atomic mass is 35.5. The van der Waals surface area contributed by atoms with Crippen molar-refractivity contribution >= 4 is 58.1 Å². The largest absolute Gasteiger partial charge is 0.351 e. The summed E-state index contributed by atoms with van der Waals surface area (Å²) in [5.74, 6) is -3.14. The molecule has 0 radical (unpaired) electrons. The minimum absolute atomic E-state index is 0.110. The summed E-state index contributed by atoms with van der Waals surface area (Å²) >= 11 is 6.34. The van der Waals surface area contributed by atoms with E-state index in [0.717, 1.165) is 16.2 Å². The molecule has 0 spiro atoms. The van der Waals surface area contributed by atoms with Crippen molar-refractivity contribution in [3.05, 3.63) is 99.6 Å². The van der Waals surface area contributed by atoms with Crippen LogP contribution >= 0.6 is 11.6 Å². The first-order chi connectivity index (χ1) is 17.9. The van der Waals surface area contributed by atoms with Crippen LogP contribution in [-0.4, -0.2) is 34.7 Å². The second kappa shape index (κ2) is 8.56. The summed E-state index contributed by atoms with van der Waals surface area (Å²) in [7, 11) is 0. The summed E-state index contributed by atoms with van der Waals surface area (Å²) in [4.78, 5) is 54.8. The van der Waals surface area contributed by atoms with Gasteiger partial charge < -0.3 is 10.2 Å². The van der Waals surface area contributed by atoms with E-state index in [1.165, 1.54) is 24.3 Å². The molecule has 0 unspecified atom stereocenters. The third-order valence-electron chi connectivity index (χ3n) is 7.12. The highest BCUT2D eigenvalue weighted by molar-refractivity contribution is 6.36. The molecule has 9 nitrogen and oxygen atoms in total. The summed E-state index contributed by atoms with van der Waals surface area (Å²) in [5.41, 5.74) is 2.14. The Labute approximate surface area is 216 Å². The van der Waals surface area contributed by atoms with Crippen LogP contribution in [0.15, 0.2) is 78.9 Å². The maximum atomic E-state index is 13.8. The first-order valence-corrected chi connectivity index (χ1v) is 12.0. The molecular formula is C27H19ClN4O5. The Bertz CT molecular complexity index is 1500. The number of amides is 3. The average molecular weight is 515 g/mol. The minimum Gasteiger partial charge on any atom is -0.351 e. The van der Waals surface area contributed by atoms with Crippen molar-refractivity contribution in [3.63, 3.8) is 0 Å². The van der Waals surface area contributed by atoms with Crippen LogP contribution in [0.3, 0.4) is 0 Å². The van der Waals surface area contributed by atoms with Gasteiger partial charge in [-0.25, -0.2) is 4.90 Å². The molecule has 2 fully saturated rings. The molecule has 2 saturated heterocycles. The molecule has 1 N–H and O–H groups in total. The standard InChI is InChI=1S/C27H19ClN4O5/c28-18-6-2-4-8-20(18)31-26(34)22-21-14-9-15-5-1-3-7-19(15)30(21)24(23(22)27(31)35)25(33)29-16-10-12-17(13-11-16)32(36)37/h1-14,21-24H,(H,29,33)/t21-,22-,23+,24+/m1/s1. The number of benzene rings is 3. The predicted octanol–water partition coefficient (Wildman–Crippen LogP) is 4.28. The molecule has 3 aliphatic rings. The summed E-state index contributed by atoms with van der Waals surface area (Å²) in [6, 6.07) is 18.0. The van der Waals surface area contributed by atoms with Crippen LogP contribution < -0.4 is 15.1 Å². The van der Waals surface area contributed by atoms with Gasteiger partial charge in [-0.2, -0.15) is 0 Å². The number of carbonyl (C=O) groups is 3. The van der Waals surface area contributed by atoms with Crippen LogP contribution in [0.25, 0.3) is 6.08 Å². The minimum atomic E-state index is -1.000. The second-order valence-electron chi connectivity index (χ2n) is 9.07. The lowest BCUT2D eigenvalue weighted by Crippen LogP contribution is -2.50. The Hall–Kier alpha value is -4.50. The van der Waals surface area contributed by atoms with Gasteiger partial charge in [-0.15, -0.1) is 0 Å². The lowest BCUT2D eigenvalue weighted by atomic mass is 9.88. The van der Waals surface area contributed by atoms with Gasteiger partial charge in [-0.3, -0.25) is 24.5 Å². The van der Waals surface area contributed by atoms with Gasteiger partial charge in [0.2, 0.25) is 17.7 Å². The highest BCUT2D eigenvalue weighted by Crippen LogP contribution is 2.49. The third-order valence-corrected chi connectivity index (χ3v) is 7.44. The maximum Gasteiger partial charge on any atom is 0.269 e. The van der Waals surface area contributed by atoms with Crippen molar-refractivity contribution in [3.8, 4) is 0 Å². The van der Waals surface area contributed by atoms with Gasteiger partial charge in [0.1, 0.15) is 6.04 Å². The molecule has 3 aromatic rings. The van der Waals surface area contributed by atoms with E-state index in [-0.39, 0.29) is 16.4 Å². The quantitative estimate of drug-likeness (QED) is 0.316. The Morgan fingerprint density at radius 2 is 1.54 bits per heavy atom. The number of nitrogens with zero attached hydrogens (tertiary/aromatic N) is 3. The monoisotopic (exact) mass is 514 g/mol. The molecule has 37 heavy (non-hydrogen) atoms. The number of rotatable bonds is 4. The van der Waals surface area contributed by atoms with E-state index >= 15 is 0 Å². The van der Waals surface area contributed by atoms with Gasteiger partial charge in [0.25, 0.3) is 5.69 Å². The van der Waals surface area contributed by atoms with Crippen LogP contribution in [0.4, 0.5) is 22.7 Å². The molecule has 3 heterocycles. The Kier molecular flexibility index (Phi) is 5.31. The molecule has 6 rings (SSSR count). The summed E-state index contributed by atoms with van der Waals surface area (Å²) in [5, 5.41) is 14.1. The first-order valence-electron chi connectivity index (χ1n) is 11.6. The smallest absolute Gasteiger partial charge is 0.269 e. The molecule has 0 aliphatic carbocycles. The van der Waals surface area contributed by atoms with E-state index in [0.29, 0.717) is 5.69 Å². The van der Waals surface area contributed by atoms with Crippen molar-refractivity contribution in [2.45, 2.75) is 12.1 Å².